The van der Waals surface area contributed by atoms with Crippen LogP contribution in [0.3, 0.4) is 0 Å². The van der Waals surface area contributed by atoms with E-state index in [0.717, 1.165) is 23.1 Å². The standard InChI is InChI=1S/C24H32N2O3/c1-5-15-25-24(28)22(6-2)26(16-20-11-7-18(3)8-12-20)23(27)17-29-21-13-9-19(4)10-14-21/h7-14,22H,5-6,15-17H2,1-4H3,(H,25,28). The summed E-state index contributed by atoms with van der Waals surface area (Å²) >= 11 is 0. The van der Waals surface area contributed by atoms with E-state index in [1.54, 1.807) is 4.90 Å². The molecule has 2 amide bonds. The molecular formula is C24H32N2O3. The zero-order chi connectivity index (χ0) is 21.2. The lowest BCUT2D eigenvalue weighted by molar-refractivity contribution is -0.143. The molecule has 5 nitrogen and oxygen atoms in total. The Kier molecular flexibility index (Phi) is 8.71. The largest absolute Gasteiger partial charge is 0.484 e. The highest BCUT2D eigenvalue weighted by Crippen LogP contribution is 2.15. The Morgan fingerprint density at radius 1 is 0.966 bits per heavy atom. The van der Waals surface area contributed by atoms with Gasteiger partial charge in [-0.05, 0) is 44.4 Å². The quantitative estimate of drug-likeness (QED) is 0.660. The average molecular weight is 397 g/mol. The molecule has 0 saturated heterocycles. The van der Waals surface area contributed by atoms with Gasteiger partial charge in [0.05, 0.1) is 0 Å². The fraction of sp³-hybridized carbons (Fsp3) is 0.417. The number of ether oxygens (including phenoxy) is 1. The minimum Gasteiger partial charge on any atom is -0.484 e. The Morgan fingerprint density at radius 3 is 2.10 bits per heavy atom. The normalized spacial score (nSPS) is 11.6. The molecule has 0 aromatic heterocycles. The molecule has 1 unspecified atom stereocenters. The van der Waals surface area contributed by atoms with E-state index >= 15 is 0 Å². The minimum atomic E-state index is -0.531. The molecule has 0 aliphatic heterocycles. The van der Waals surface area contributed by atoms with Crippen molar-refractivity contribution in [2.45, 2.75) is 53.1 Å². The number of benzene rings is 2. The van der Waals surface area contributed by atoms with E-state index in [4.69, 9.17) is 4.74 Å². The van der Waals surface area contributed by atoms with Crippen LogP contribution < -0.4 is 10.1 Å². The Balaban J connectivity index is 2.16. The number of hydrogen-bond acceptors (Lipinski definition) is 3. The van der Waals surface area contributed by atoms with Crippen LogP contribution in [0.15, 0.2) is 48.5 Å². The number of rotatable bonds is 10. The zero-order valence-corrected chi connectivity index (χ0v) is 17.9. The molecule has 0 bridgehead atoms. The molecule has 1 atom stereocenters. The second-order valence-electron chi connectivity index (χ2n) is 7.32. The van der Waals surface area contributed by atoms with Crippen molar-refractivity contribution in [1.29, 1.82) is 0 Å². The summed E-state index contributed by atoms with van der Waals surface area (Å²) in [6, 6.07) is 15.1. The first-order valence-corrected chi connectivity index (χ1v) is 10.3. The van der Waals surface area contributed by atoms with Gasteiger partial charge in [0.25, 0.3) is 5.91 Å². The smallest absolute Gasteiger partial charge is 0.261 e. The van der Waals surface area contributed by atoms with E-state index in [9.17, 15) is 9.59 Å². The highest BCUT2D eigenvalue weighted by atomic mass is 16.5. The molecule has 0 fully saturated rings. The van der Waals surface area contributed by atoms with E-state index in [1.165, 1.54) is 0 Å². The molecule has 29 heavy (non-hydrogen) atoms. The van der Waals surface area contributed by atoms with Gasteiger partial charge in [0.15, 0.2) is 6.61 Å². The van der Waals surface area contributed by atoms with Crippen LogP contribution in [-0.4, -0.2) is 35.9 Å². The maximum absolute atomic E-state index is 13.1. The number of nitrogens with zero attached hydrogens (tertiary/aromatic N) is 1. The first-order valence-electron chi connectivity index (χ1n) is 10.3. The fourth-order valence-corrected chi connectivity index (χ4v) is 3.04. The molecule has 156 valence electrons. The SMILES string of the molecule is CCCNC(=O)C(CC)N(Cc1ccc(C)cc1)C(=O)COc1ccc(C)cc1. The second kappa shape index (κ2) is 11.2. The monoisotopic (exact) mass is 396 g/mol. The van der Waals surface area contributed by atoms with Crippen LogP contribution in [0, 0.1) is 13.8 Å². The lowest BCUT2D eigenvalue weighted by atomic mass is 10.1. The summed E-state index contributed by atoms with van der Waals surface area (Å²) in [5, 5.41) is 2.92. The first-order chi connectivity index (χ1) is 13.9. The van der Waals surface area contributed by atoms with Crippen LogP contribution >= 0.6 is 0 Å². The van der Waals surface area contributed by atoms with Gasteiger partial charge in [-0.2, -0.15) is 0 Å². The van der Waals surface area contributed by atoms with Crippen LogP contribution in [0.4, 0.5) is 0 Å². The zero-order valence-electron chi connectivity index (χ0n) is 17.9. The molecule has 2 rings (SSSR count). The maximum Gasteiger partial charge on any atom is 0.261 e. The lowest BCUT2D eigenvalue weighted by Crippen LogP contribution is -2.50. The maximum atomic E-state index is 13.1. The minimum absolute atomic E-state index is 0.105. The number of hydrogen-bond donors (Lipinski definition) is 1. The molecule has 2 aromatic carbocycles. The van der Waals surface area contributed by atoms with Crippen LogP contribution in [0.5, 0.6) is 5.75 Å². The van der Waals surface area contributed by atoms with Crippen LogP contribution in [0.2, 0.25) is 0 Å². The Labute approximate surface area is 174 Å². The van der Waals surface area contributed by atoms with Crippen molar-refractivity contribution >= 4 is 11.8 Å². The van der Waals surface area contributed by atoms with Crippen molar-refractivity contribution < 1.29 is 14.3 Å². The molecule has 5 heteroatoms. The van der Waals surface area contributed by atoms with E-state index in [1.807, 2.05) is 76.2 Å². The molecule has 0 spiro atoms. The van der Waals surface area contributed by atoms with Gasteiger partial charge >= 0.3 is 0 Å². The number of carbonyl (C=O) groups excluding carboxylic acids is 2. The summed E-state index contributed by atoms with van der Waals surface area (Å²) in [5.74, 6) is 0.317. The summed E-state index contributed by atoms with van der Waals surface area (Å²) in [6.45, 7) is 8.81. The van der Waals surface area contributed by atoms with Crippen molar-refractivity contribution in [2.24, 2.45) is 0 Å². The lowest BCUT2D eigenvalue weighted by Gasteiger charge is -2.30. The van der Waals surface area contributed by atoms with E-state index < -0.39 is 6.04 Å². The summed E-state index contributed by atoms with van der Waals surface area (Å²) in [4.78, 5) is 27.4. The molecule has 2 aromatic rings. The predicted molar refractivity (Wildman–Crippen MR) is 116 cm³/mol. The van der Waals surface area contributed by atoms with Gasteiger partial charge in [0.2, 0.25) is 5.91 Å². The molecule has 1 N–H and O–H groups in total. The van der Waals surface area contributed by atoms with E-state index in [-0.39, 0.29) is 18.4 Å². The third-order valence-corrected chi connectivity index (χ3v) is 4.79. The fourth-order valence-electron chi connectivity index (χ4n) is 3.04. The highest BCUT2D eigenvalue weighted by molar-refractivity contribution is 5.88. The van der Waals surface area contributed by atoms with Crippen molar-refractivity contribution in [3.8, 4) is 5.75 Å². The number of nitrogens with one attached hydrogen (secondary N) is 1. The van der Waals surface area contributed by atoms with E-state index in [2.05, 4.69) is 5.32 Å². The van der Waals surface area contributed by atoms with E-state index in [0.29, 0.717) is 25.3 Å². The third kappa shape index (κ3) is 6.93. The predicted octanol–water partition coefficient (Wildman–Crippen LogP) is 4.02. The van der Waals surface area contributed by atoms with Crippen molar-refractivity contribution in [1.82, 2.24) is 10.2 Å². The topological polar surface area (TPSA) is 58.6 Å². The third-order valence-electron chi connectivity index (χ3n) is 4.79. The molecule has 0 aliphatic rings. The van der Waals surface area contributed by atoms with Crippen molar-refractivity contribution in [2.75, 3.05) is 13.2 Å². The molecule has 0 saturated carbocycles. The number of amides is 2. The summed E-state index contributed by atoms with van der Waals surface area (Å²) < 4.78 is 5.69. The van der Waals surface area contributed by atoms with Gasteiger partial charge < -0.3 is 15.0 Å². The molecule has 0 radical (unpaired) electrons. The van der Waals surface area contributed by atoms with Crippen LogP contribution in [0.25, 0.3) is 0 Å². The second-order valence-corrected chi connectivity index (χ2v) is 7.32. The van der Waals surface area contributed by atoms with Crippen molar-refractivity contribution in [3.63, 3.8) is 0 Å². The molecular weight excluding hydrogens is 364 g/mol. The van der Waals surface area contributed by atoms with Gasteiger partial charge in [-0.25, -0.2) is 0 Å². The first kappa shape index (κ1) is 22.5. The summed E-state index contributed by atoms with van der Waals surface area (Å²) in [6.07, 6.45) is 1.39. The van der Waals surface area contributed by atoms with Gasteiger partial charge in [0.1, 0.15) is 11.8 Å². The van der Waals surface area contributed by atoms with Gasteiger partial charge in [-0.3, -0.25) is 9.59 Å². The summed E-state index contributed by atoms with van der Waals surface area (Å²) in [5.41, 5.74) is 3.27. The number of aryl methyl sites for hydroxylation is 2. The molecule has 0 aliphatic carbocycles. The molecule has 0 heterocycles. The Hall–Kier alpha value is -2.82. The Morgan fingerprint density at radius 2 is 1.55 bits per heavy atom. The van der Waals surface area contributed by atoms with Gasteiger partial charge in [0, 0.05) is 13.1 Å². The average Bonchev–Trinajstić information content (AvgIpc) is 2.72. The van der Waals surface area contributed by atoms with Gasteiger partial charge in [-0.15, -0.1) is 0 Å². The van der Waals surface area contributed by atoms with Crippen LogP contribution in [-0.2, 0) is 16.1 Å². The van der Waals surface area contributed by atoms with Gasteiger partial charge in [-0.1, -0.05) is 61.4 Å². The highest BCUT2D eigenvalue weighted by Gasteiger charge is 2.28. The summed E-state index contributed by atoms with van der Waals surface area (Å²) in [7, 11) is 0. The van der Waals surface area contributed by atoms with Crippen LogP contribution in [0.1, 0.15) is 43.4 Å². The Bertz CT molecular complexity index is 785. The van der Waals surface area contributed by atoms with Crippen molar-refractivity contribution in [3.05, 3.63) is 65.2 Å². The number of carbonyl (C=O) groups is 2.